The minimum atomic E-state index is -0.355. The minimum Gasteiger partial charge on any atom is -0.475 e. The van der Waals surface area contributed by atoms with Crippen molar-refractivity contribution in [1.82, 2.24) is 20.1 Å². The number of hydrogen-bond donors (Lipinski definition) is 1. The Balaban J connectivity index is 1.98. The van der Waals surface area contributed by atoms with Crippen molar-refractivity contribution in [3.63, 3.8) is 0 Å². The summed E-state index contributed by atoms with van der Waals surface area (Å²) in [6.45, 7) is 6.06. The van der Waals surface area contributed by atoms with E-state index >= 15 is 0 Å². The van der Waals surface area contributed by atoms with Crippen LogP contribution in [-0.4, -0.2) is 26.8 Å². The maximum atomic E-state index is 12.1. The lowest BCUT2D eigenvalue weighted by Gasteiger charge is -2.15. The molecule has 0 radical (unpaired) electrons. The van der Waals surface area contributed by atoms with Crippen molar-refractivity contribution in [1.29, 1.82) is 0 Å². The fourth-order valence-corrected chi connectivity index (χ4v) is 1.85. The topological polar surface area (TPSA) is 69.0 Å². The molecule has 1 N–H and O–H groups in total. The highest BCUT2D eigenvalue weighted by Crippen LogP contribution is 2.16. The Morgan fingerprint density at radius 1 is 1.33 bits per heavy atom. The molecule has 0 unspecified atom stereocenters. The molecule has 6 heteroatoms. The summed E-state index contributed by atoms with van der Waals surface area (Å²) in [4.78, 5) is 16.3. The van der Waals surface area contributed by atoms with Gasteiger partial charge in [0, 0.05) is 30.7 Å². The number of nitrogens with one attached hydrogen (secondary N) is 1. The average Bonchev–Trinajstić information content (AvgIpc) is 2.98. The van der Waals surface area contributed by atoms with Crippen molar-refractivity contribution in [3.8, 4) is 5.88 Å². The highest BCUT2D eigenvalue weighted by Gasteiger charge is 2.15. The molecule has 2 aromatic heterocycles. The van der Waals surface area contributed by atoms with E-state index in [1.807, 2.05) is 26.0 Å². The van der Waals surface area contributed by atoms with E-state index in [1.165, 1.54) is 0 Å². The van der Waals surface area contributed by atoms with E-state index in [0.717, 1.165) is 5.56 Å². The molecule has 2 rings (SSSR count). The van der Waals surface area contributed by atoms with Gasteiger partial charge in [-0.2, -0.15) is 5.10 Å². The first-order chi connectivity index (χ1) is 10.1. The zero-order valence-corrected chi connectivity index (χ0v) is 12.5. The molecule has 0 bridgehead atoms. The summed E-state index contributed by atoms with van der Waals surface area (Å²) < 4.78 is 7.25. The lowest BCUT2D eigenvalue weighted by molar-refractivity contribution is -0.124. The van der Waals surface area contributed by atoms with Gasteiger partial charge in [-0.1, -0.05) is 6.07 Å². The lowest BCUT2D eigenvalue weighted by atomic mass is 10.2. The first-order valence-corrected chi connectivity index (χ1v) is 6.95. The number of carbonyl (C=O) groups excluding carboxylic acids is 1. The smallest absolute Gasteiger partial charge is 0.244 e. The van der Waals surface area contributed by atoms with E-state index in [4.69, 9.17) is 4.74 Å². The maximum Gasteiger partial charge on any atom is 0.244 e. The Labute approximate surface area is 124 Å². The monoisotopic (exact) mass is 288 g/mol. The van der Waals surface area contributed by atoms with Crippen LogP contribution in [-0.2, 0) is 11.3 Å². The second-order valence-corrected chi connectivity index (χ2v) is 5.01. The molecule has 0 aliphatic rings. The summed E-state index contributed by atoms with van der Waals surface area (Å²) >= 11 is 0. The molecule has 0 aliphatic heterocycles. The number of hydrogen-bond acceptors (Lipinski definition) is 4. The second-order valence-electron chi connectivity index (χ2n) is 5.01. The molecule has 6 nitrogen and oxygen atoms in total. The van der Waals surface area contributed by atoms with Crippen molar-refractivity contribution < 1.29 is 9.53 Å². The van der Waals surface area contributed by atoms with Gasteiger partial charge in [-0.3, -0.25) is 9.48 Å². The van der Waals surface area contributed by atoms with Crippen LogP contribution in [0, 0.1) is 0 Å². The fourth-order valence-electron chi connectivity index (χ4n) is 1.85. The molecule has 2 heterocycles. The van der Waals surface area contributed by atoms with Crippen LogP contribution in [0.25, 0.3) is 0 Å². The third-order valence-electron chi connectivity index (χ3n) is 2.95. The predicted octanol–water partition coefficient (Wildman–Crippen LogP) is 1.94. The molecule has 0 saturated carbocycles. The van der Waals surface area contributed by atoms with Crippen molar-refractivity contribution in [2.75, 3.05) is 0 Å². The van der Waals surface area contributed by atoms with Crippen LogP contribution in [0.4, 0.5) is 0 Å². The van der Waals surface area contributed by atoms with E-state index in [2.05, 4.69) is 15.4 Å². The molecule has 0 saturated heterocycles. The molecule has 0 aromatic carbocycles. The van der Waals surface area contributed by atoms with E-state index < -0.39 is 0 Å². The molecule has 21 heavy (non-hydrogen) atoms. The summed E-state index contributed by atoms with van der Waals surface area (Å²) in [7, 11) is 0. The Bertz CT molecular complexity index is 581. The van der Waals surface area contributed by atoms with Gasteiger partial charge in [0.1, 0.15) is 6.04 Å². The standard InChI is InChI=1S/C15H20N4O2/c1-11(2)21-15-13(6-4-7-16-15)10-17-14(20)12(3)19-9-5-8-18-19/h4-9,11-12H,10H2,1-3H3,(H,17,20)/t12-/m0/s1. The van der Waals surface area contributed by atoms with Gasteiger partial charge in [0.05, 0.1) is 6.10 Å². The first kappa shape index (κ1) is 15.0. The third-order valence-corrected chi connectivity index (χ3v) is 2.95. The predicted molar refractivity (Wildman–Crippen MR) is 78.8 cm³/mol. The van der Waals surface area contributed by atoms with E-state index in [9.17, 15) is 4.79 Å². The van der Waals surface area contributed by atoms with Crippen LogP contribution >= 0.6 is 0 Å². The van der Waals surface area contributed by atoms with Crippen LogP contribution in [0.1, 0.15) is 32.4 Å². The zero-order chi connectivity index (χ0) is 15.2. The molecule has 0 fully saturated rings. The van der Waals surface area contributed by atoms with Crippen molar-refractivity contribution in [2.24, 2.45) is 0 Å². The summed E-state index contributed by atoms with van der Waals surface area (Å²) in [5.74, 6) is 0.456. The molecular formula is C15H20N4O2. The van der Waals surface area contributed by atoms with Gasteiger partial charge in [-0.15, -0.1) is 0 Å². The van der Waals surface area contributed by atoms with Crippen LogP contribution in [0.2, 0.25) is 0 Å². The highest BCUT2D eigenvalue weighted by atomic mass is 16.5. The molecule has 2 aromatic rings. The highest BCUT2D eigenvalue weighted by molar-refractivity contribution is 5.79. The second kappa shape index (κ2) is 6.88. The number of pyridine rings is 1. The van der Waals surface area contributed by atoms with Gasteiger partial charge in [-0.25, -0.2) is 4.98 Å². The Hall–Kier alpha value is -2.37. The molecule has 1 atom stereocenters. The number of aromatic nitrogens is 3. The number of carbonyl (C=O) groups is 1. The molecule has 0 aliphatic carbocycles. The van der Waals surface area contributed by atoms with Gasteiger partial charge in [-0.05, 0) is 32.9 Å². The van der Waals surface area contributed by atoms with Crippen molar-refractivity contribution in [2.45, 2.75) is 39.5 Å². The van der Waals surface area contributed by atoms with Gasteiger partial charge in [0.25, 0.3) is 0 Å². The lowest BCUT2D eigenvalue weighted by Crippen LogP contribution is -2.31. The number of amides is 1. The third kappa shape index (κ3) is 4.05. The van der Waals surface area contributed by atoms with Crippen molar-refractivity contribution in [3.05, 3.63) is 42.4 Å². The Kier molecular flexibility index (Phi) is 4.92. The Morgan fingerprint density at radius 3 is 2.81 bits per heavy atom. The van der Waals surface area contributed by atoms with Gasteiger partial charge in [0.15, 0.2) is 0 Å². The SMILES string of the molecule is CC(C)Oc1ncccc1CNC(=O)[C@H](C)n1cccn1. The van der Waals surface area contributed by atoms with E-state index in [-0.39, 0.29) is 18.1 Å². The zero-order valence-electron chi connectivity index (χ0n) is 12.5. The van der Waals surface area contributed by atoms with Crippen LogP contribution in [0.15, 0.2) is 36.8 Å². The fraction of sp³-hybridized carbons (Fsp3) is 0.400. The first-order valence-electron chi connectivity index (χ1n) is 6.95. The molecule has 1 amide bonds. The van der Waals surface area contributed by atoms with E-state index in [1.54, 1.807) is 36.3 Å². The quantitative estimate of drug-likeness (QED) is 0.882. The van der Waals surface area contributed by atoms with E-state index in [0.29, 0.717) is 12.4 Å². The summed E-state index contributed by atoms with van der Waals surface area (Å²) in [5.41, 5.74) is 0.854. The average molecular weight is 288 g/mol. The summed E-state index contributed by atoms with van der Waals surface area (Å²) in [6, 6.07) is 5.15. The number of rotatable bonds is 6. The molecule has 0 spiro atoms. The van der Waals surface area contributed by atoms with Crippen LogP contribution in [0.5, 0.6) is 5.88 Å². The van der Waals surface area contributed by atoms with Crippen LogP contribution < -0.4 is 10.1 Å². The largest absolute Gasteiger partial charge is 0.475 e. The minimum absolute atomic E-state index is 0.0392. The number of nitrogens with zero attached hydrogens (tertiary/aromatic N) is 3. The van der Waals surface area contributed by atoms with Crippen molar-refractivity contribution >= 4 is 5.91 Å². The molecule has 112 valence electrons. The van der Waals surface area contributed by atoms with Crippen LogP contribution in [0.3, 0.4) is 0 Å². The number of ether oxygens (including phenoxy) is 1. The van der Waals surface area contributed by atoms with Gasteiger partial charge in [0.2, 0.25) is 11.8 Å². The van der Waals surface area contributed by atoms with Gasteiger partial charge < -0.3 is 10.1 Å². The normalized spacial score (nSPS) is 12.2. The molecular weight excluding hydrogens is 268 g/mol. The Morgan fingerprint density at radius 2 is 2.14 bits per heavy atom. The van der Waals surface area contributed by atoms with Gasteiger partial charge >= 0.3 is 0 Å². The maximum absolute atomic E-state index is 12.1. The summed E-state index contributed by atoms with van der Waals surface area (Å²) in [6.07, 6.45) is 5.13. The summed E-state index contributed by atoms with van der Waals surface area (Å²) in [5, 5.41) is 6.95.